The zero-order valence-corrected chi connectivity index (χ0v) is 21.0. The van der Waals surface area contributed by atoms with Gasteiger partial charge in [0.15, 0.2) is 11.6 Å². The highest BCUT2D eigenvalue weighted by Gasteiger charge is 2.30. The number of hydrogen-bond donors (Lipinski definition) is 3. The lowest BCUT2D eigenvalue weighted by molar-refractivity contribution is 0.193. The van der Waals surface area contributed by atoms with Gasteiger partial charge >= 0.3 is 10.2 Å². The van der Waals surface area contributed by atoms with Gasteiger partial charge in [-0.05, 0) is 78.2 Å². The van der Waals surface area contributed by atoms with Crippen LogP contribution in [0.4, 0.5) is 30.2 Å². The molecule has 1 unspecified atom stereocenters. The Hall–Kier alpha value is -1.61. The third-order valence-corrected chi connectivity index (χ3v) is 7.42. The minimum absolute atomic E-state index is 0.107. The minimum atomic E-state index is -4.06. The highest BCUT2D eigenvalue weighted by atomic mass is 127. The zero-order valence-electron chi connectivity index (χ0n) is 18.0. The van der Waals surface area contributed by atoms with Crippen LogP contribution in [-0.4, -0.2) is 52.6 Å². The van der Waals surface area contributed by atoms with Gasteiger partial charge in [0.1, 0.15) is 11.5 Å². The zero-order chi connectivity index (χ0) is 24.0. The normalized spacial score (nSPS) is 17.2. The fraction of sp³-hybridized carbons (Fsp3) is 0.429. The monoisotopic (exact) mass is 598 g/mol. The summed E-state index contributed by atoms with van der Waals surface area (Å²) < 4.78 is 78.1. The summed E-state index contributed by atoms with van der Waals surface area (Å²) in [5, 5.41) is 5.72. The first-order chi connectivity index (χ1) is 15.7. The molecule has 0 bridgehead atoms. The number of halogens is 4. The number of methoxy groups -OCH3 is 1. The van der Waals surface area contributed by atoms with Crippen molar-refractivity contribution >= 4 is 49.9 Å². The fourth-order valence-electron chi connectivity index (χ4n) is 3.58. The first-order valence-corrected chi connectivity index (χ1v) is 12.9. The summed E-state index contributed by atoms with van der Waals surface area (Å²) in [6.07, 6.45) is 1.55. The van der Waals surface area contributed by atoms with Crippen LogP contribution in [0.5, 0.6) is 0 Å². The lowest BCUT2D eigenvalue weighted by atomic mass is 10.00. The Kier molecular flexibility index (Phi) is 9.21. The van der Waals surface area contributed by atoms with Gasteiger partial charge in [-0.3, -0.25) is 4.72 Å². The summed E-state index contributed by atoms with van der Waals surface area (Å²) in [5.74, 6) is -3.08. The maximum Gasteiger partial charge on any atom is 0.301 e. The third kappa shape index (κ3) is 6.94. The van der Waals surface area contributed by atoms with E-state index in [0.717, 1.165) is 18.6 Å². The van der Waals surface area contributed by atoms with E-state index in [1.165, 1.54) is 16.4 Å². The molecular formula is C21H26F3IN4O3S. The molecule has 2 aromatic rings. The van der Waals surface area contributed by atoms with Crippen LogP contribution in [0.2, 0.25) is 0 Å². The smallest absolute Gasteiger partial charge is 0.301 e. The van der Waals surface area contributed by atoms with E-state index in [1.807, 2.05) is 22.6 Å². The summed E-state index contributed by atoms with van der Waals surface area (Å²) in [5.41, 5.74) is -0.818. The third-order valence-electron chi connectivity index (χ3n) is 5.26. The Bertz CT molecular complexity index is 1070. The van der Waals surface area contributed by atoms with Gasteiger partial charge in [0.2, 0.25) is 0 Å². The number of nitrogens with zero attached hydrogens (tertiary/aromatic N) is 1. The Morgan fingerprint density at radius 1 is 1.15 bits per heavy atom. The fourth-order valence-corrected chi connectivity index (χ4v) is 5.39. The summed E-state index contributed by atoms with van der Waals surface area (Å²) in [7, 11) is -2.45. The number of nitrogens with one attached hydrogen (secondary N) is 3. The predicted octanol–water partition coefficient (Wildman–Crippen LogP) is 4.06. The molecule has 0 radical (unpaired) electrons. The highest BCUT2D eigenvalue weighted by Crippen LogP contribution is 2.33. The highest BCUT2D eigenvalue weighted by molar-refractivity contribution is 14.1. The van der Waals surface area contributed by atoms with Crippen LogP contribution in [0.1, 0.15) is 12.8 Å². The van der Waals surface area contributed by atoms with Gasteiger partial charge in [-0.1, -0.05) is 0 Å². The van der Waals surface area contributed by atoms with E-state index in [4.69, 9.17) is 4.74 Å². The average molecular weight is 598 g/mol. The number of benzene rings is 2. The molecule has 182 valence electrons. The van der Waals surface area contributed by atoms with Crippen molar-refractivity contribution in [3.05, 3.63) is 51.4 Å². The quantitative estimate of drug-likeness (QED) is 0.284. The van der Waals surface area contributed by atoms with E-state index in [0.29, 0.717) is 36.2 Å². The van der Waals surface area contributed by atoms with E-state index in [-0.39, 0.29) is 23.8 Å². The number of hydrogen-bond acceptors (Lipinski definition) is 5. The maximum atomic E-state index is 14.6. The van der Waals surface area contributed by atoms with Gasteiger partial charge in [-0.25, -0.2) is 13.2 Å². The van der Waals surface area contributed by atoms with Crippen molar-refractivity contribution in [2.75, 3.05) is 49.9 Å². The van der Waals surface area contributed by atoms with Gasteiger partial charge < -0.3 is 15.4 Å². The topological polar surface area (TPSA) is 82.7 Å². The molecule has 1 saturated heterocycles. The summed E-state index contributed by atoms with van der Waals surface area (Å²) in [6, 6.07) is 6.10. The van der Waals surface area contributed by atoms with Crippen LogP contribution in [-0.2, 0) is 14.9 Å². The predicted molar refractivity (Wildman–Crippen MR) is 130 cm³/mol. The molecule has 3 N–H and O–H groups in total. The van der Waals surface area contributed by atoms with Crippen LogP contribution in [0.25, 0.3) is 0 Å². The number of ether oxygens (including phenoxy) is 1. The van der Waals surface area contributed by atoms with Crippen molar-refractivity contribution in [3.8, 4) is 0 Å². The van der Waals surface area contributed by atoms with Crippen molar-refractivity contribution in [2.24, 2.45) is 5.92 Å². The second-order valence-electron chi connectivity index (χ2n) is 7.70. The minimum Gasteiger partial charge on any atom is -0.383 e. The van der Waals surface area contributed by atoms with Crippen LogP contribution in [0.3, 0.4) is 0 Å². The first-order valence-electron chi connectivity index (χ1n) is 10.4. The molecule has 1 aliphatic heterocycles. The molecule has 2 aromatic carbocycles. The molecule has 0 aromatic heterocycles. The molecule has 0 saturated carbocycles. The number of rotatable bonds is 10. The molecule has 33 heavy (non-hydrogen) atoms. The van der Waals surface area contributed by atoms with Crippen LogP contribution in [0.15, 0.2) is 30.3 Å². The van der Waals surface area contributed by atoms with Gasteiger partial charge in [-0.2, -0.15) is 12.7 Å². The standard InChI is InChI=1S/C21H26F3IN4O3S/c1-32-10-8-26-12-14-3-2-9-29(13-14)33(30,31)28-19-7-5-16(22)20(24)21(19)27-18-6-4-15(25)11-17(18)23/h4-7,11,14,26-28H,2-3,8-10,12-13H2,1H3. The number of anilines is 3. The molecule has 0 spiro atoms. The molecule has 1 fully saturated rings. The summed E-state index contributed by atoms with van der Waals surface area (Å²) >= 11 is 1.92. The molecule has 3 rings (SSSR count). The molecular weight excluding hydrogens is 572 g/mol. The van der Waals surface area contributed by atoms with Crippen LogP contribution >= 0.6 is 22.6 Å². The Morgan fingerprint density at radius 2 is 1.91 bits per heavy atom. The maximum absolute atomic E-state index is 14.6. The Labute approximate surface area is 205 Å². The van der Waals surface area contributed by atoms with E-state index in [9.17, 15) is 21.6 Å². The molecule has 7 nitrogen and oxygen atoms in total. The molecule has 1 atom stereocenters. The van der Waals surface area contributed by atoms with E-state index in [1.54, 1.807) is 13.2 Å². The second-order valence-corrected chi connectivity index (χ2v) is 10.6. The van der Waals surface area contributed by atoms with Crippen molar-refractivity contribution in [2.45, 2.75) is 12.8 Å². The average Bonchev–Trinajstić information content (AvgIpc) is 2.78. The Morgan fingerprint density at radius 3 is 2.64 bits per heavy atom. The first kappa shape index (κ1) is 26.0. The molecule has 1 aliphatic rings. The summed E-state index contributed by atoms with van der Waals surface area (Å²) in [6.45, 7) is 2.45. The van der Waals surface area contributed by atoms with E-state index in [2.05, 4.69) is 15.4 Å². The van der Waals surface area contributed by atoms with Crippen molar-refractivity contribution in [1.82, 2.24) is 9.62 Å². The van der Waals surface area contributed by atoms with Crippen LogP contribution < -0.4 is 15.4 Å². The van der Waals surface area contributed by atoms with Gasteiger partial charge in [-0.15, -0.1) is 0 Å². The van der Waals surface area contributed by atoms with Gasteiger partial charge in [0.25, 0.3) is 0 Å². The van der Waals surface area contributed by atoms with Gasteiger partial charge in [0.05, 0.1) is 18.0 Å². The van der Waals surface area contributed by atoms with Gasteiger partial charge in [0, 0.05) is 30.3 Å². The SMILES string of the molecule is COCCNCC1CCCN(S(=O)(=O)Nc2ccc(F)c(F)c2Nc2ccc(I)cc2F)C1. The molecule has 1 heterocycles. The van der Waals surface area contributed by atoms with E-state index >= 15 is 0 Å². The Balaban J connectivity index is 1.78. The molecule has 0 aliphatic carbocycles. The van der Waals surface area contributed by atoms with E-state index < -0.39 is 33.3 Å². The second kappa shape index (κ2) is 11.7. The molecule has 12 heteroatoms. The lowest BCUT2D eigenvalue weighted by Crippen LogP contribution is -2.45. The largest absolute Gasteiger partial charge is 0.383 e. The van der Waals surface area contributed by atoms with Crippen molar-refractivity contribution in [3.63, 3.8) is 0 Å². The summed E-state index contributed by atoms with van der Waals surface area (Å²) in [4.78, 5) is 0. The van der Waals surface area contributed by atoms with Crippen LogP contribution in [0, 0.1) is 26.9 Å². The lowest BCUT2D eigenvalue weighted by Gasteiger charge is -2.32. The number of piperidine rings is 1. The van der Waals surface area contributed by atoms with Crippen molar-refractivity contribution < 1.29 is 26.3 Å². The molecule has 0 amide bonds. The van der Waals surface area contributed by atoms with Crippen molar-refractivity contribution in [1.29, 1.82) is 0 Å².